The molecule has 0 N–H and O–H groups in total. The largest absolute Gasteiger partial charge is 0.486 e. The van der Waals surface area contributed by atoms with Gasteiger partial charge >= 0.3 is 5.63 Å². The quantitative estimate of drug-likeness (QED) is 0.594. The van der Waals surface area contributed by atoms with Crippen LogP contribution in [0.3, 0.4) is 0 Å². The van der Waals surface area contributed by atoms with Crippen LogP contribution in [0.15, 0.2) is 51.7 Å². The molecule has 0 amide bonds. The second-order valence-electron chi connectivity index (χ2n) is 7.01. The van der Waals surface area contributed by atoms with E-state index in [0.717, 1.165) is 34.6 Å². The molecule has 0 saturated heterocycles. The van der Waals surface area contributed by atoms with Crippen LogP contribution in [0.5, 0.6) is 11.5 Å². The SMILES string of the molecule is CCN(Cc1cc(=O)oc2cc(C)c(Cl)cc12)C[C@@H]1COc2ccccc2O1. The maximum absolute atomic E-state index is 12.0. The molecule has 1 aromatic heterocycles. The van der Waals surface area contributed by atoms with Gasteiger partial charge in [-0.05, 0) is 48.9 Å². The second kappa shape index (κ2) is 7.86. The zero-order valence-electron chi connectivity index (χ0n) is 15.9. The lowest BCUT2D eigenvalue weighted by Gasteiger charge is -2.31. The predicted molar refractivity (Wildman–Crippen MR) is 110 cm³/mol. The number of aryl methyl sites for hydroxylation is 1. The van der Waals surface area contributed by atoms with E-state index in [9.17, 15) is 4.79 Å². The fourth-order valence-corrected chi connectivity index (χ4v) is 3.63. The molecule has 0 spiro atoms. The van der Waals surface area contributed by atoms with Crippen molar-refractivity contribution in [1.29, 1.82) is 0 Å². The molecule has 0 unspecified atom stereocenters. The first-order valence-corrected chi connectivity index (χ1v) is 9.75. The molecule has 0 fully saturated rings. The molecule has 3 aromatic rings. The molecule has 0 bridgehead atoms. The first-order chi connectivity index (χ1) is 13.5. The summed E-state index contributed by atoms with van der Waals surface area (Å²) < 4.78 is 17.3. The molecule has 0 saturated carbocycles. The highest BCUT2D eigenvalue weighted by Gasteiger charge is 2.23. The Morgan fingerprint density at radius 2 is 1.96 bits per heavy atom. The average molecular weight is 400 g/mol. The minimum Gasteiger partial charge on any atom is -0.486 e. The van der Waals surface area contributed by atoms with Gasteiger partial charge in [0.2, 0.25) is 0 Å². The van der Waals surface area contributed by atoms with Gasteiger partial charge in [-0.2, -0.15) is 0 Å². The Morgan fingerprint density at radius 3 is 2.75 bits per heavy atom. The van der Waals surface area contributed by atoms with Gasteiger partial charge in [0.15, 0.2) is 11.5 Å². The number of benzene rings is 2. The van der Waals surface area contributed by atoms with Gasteiger partial charge in [-0.1, -0.05) is 30.7 Å². The van der Waals surface area contributed by atoms with Gasteiger partial charge in [-0.25, -0.2) is 4.79 Å². The summed E-state index contributed by atoms with van der Waals surface area (Å²) in [7, 11) is 0. The van der Waals surface area contributed by atoms with Crippen molar-refractivity contribution >= 4 is 22.6 Å². The van der Waals surface area contributed by atoms with Gasteiger partial charge < -0.3 is 13.9 Å². The third kappa shape index (κ3) is 3.86. The minimum atomic E-state index is -0.355. The van der Waals surface area contributed by atoms with Gasteiger partial charge in [0.05, 0.1) is 0 Å². The molecular formula is C22H22ClNO4. The lowest BCUT2D eigenvalue weighted by atomic mass is 10.1. The highest BCUT2D eigenvalue weighted by Crippen LogP contribution is 2.31. The fourth-order valence-electron chi connectivity index (χ4n) is 3.47. The van der Waals surface area contributed by atoms with Crippen molar-refractivity contribution in [2.45, 2.75) is 26.5 Å². The molecule has 1 aliphatic heterocycles. The van der Waals surface area contributed by atoms with Gasteiger partial charge in [0.25, 0.3) is 0 Å². The van der Waals surface area contributed by atoms with E-state index in [1.165, 1.54) is 0 Å². The Bertz CT molecular complexity index is 1060. The summed E-state index contributed by atoms with van der Waals surface area (Å²) in [6.07, 6.45) is -0.0768. The topological polar surface area (TPSA) is 51.9 Å². The van der Waals surface area contributed by atoms with Crippen molar-refractivity contribution in [2.24, 2.45) is 0 Å². The number of ether oxygens (including phenoxy) is 2. The predicted octanol–water partition coefficient (Wildman–Crippen LogP) is 4.42. The maximum atomic E-state index is 12.0. The Kier molecular flexibility index (Phi) is 5.29. The zero-order valence-corrected chi connectivity index (χ0v) is 16.7. The summed E-state index contributed by atoms with van der Waals surface area (Å²) in [5.74, 6) is 1.54. The number of fused-ring (bicyclic) bond motifs is 2. The van der Waals surface area contributed by atoms with Crippen LogP contribution in [-0.2, 0) is 6.54 Å². The molecule has 146 valence electrons. The Labute approximate surface area is 168 Å². The third-order valence-corrected chi connectivity index (χ3v) is 5.39. The van der Waals surface area contributed by atoms with Crippen molar-refractivity contribution in [3.63, 3.8) is 0 Å². The molecule has 6 heteroatoms. The maximum Gasteiger partial charge on any atom is 0.336 e. The summed E-state index contributed by atoms with van der Waals surface area (Å²) >= 11 is 6.30. The Balaban J connectivity index is 1.56. The van der Waals surface area contributed by atoms with Gasteiger partial charge in [0.1, 0.15) is 18.3 Å². The van der Waals surface area contributed by atoms with Crippen LogP contribution in [0, 0.1) is 6.92 Å². The standard InChI is InChI=1S/C22H22ClNO4/c1-3-24(12-16-13-26-19-6-4-5-7-20(19)27-16)11-15-9-22(25)28-21-8-14(2)18(23)10-17(15)21/h4-10,16H,3,11-13H2,1-2H3/t16-/m1/s1. The van der Waals surface area contributed by atoms with Crippen LogP contribution in [0.1, 0.15) is 18.1 Å². The Morgan fingerprint density at radius 1 is 1.18 bits per heavy atom. The highest BCUT2D eigenvalue weighted by atomic mass is 35.5. The van der Waals surface area contributed by atoms with Crippen molar-refractivity contribution in [1.82, 2.24) is 4.90 Å². The summed E-state index contributed by atoms with van der Waals surface area (Å²) in [6, 6.07) is 12.9. The molecule has 2 heterocycles. The number of hydrogen-bond donors (Lipinski definition) is 0. The van der Waals surface area contributed by atoms with Crippen LogP contribution in [0.2, 0.25) is 5.02 Å². The van der Waals surface area contributed by atoms with E-state index in [4.69, 9.17) is 25.5 Å². The molecule has 1 aliphatic rings. The number of halogens is 1. The summed E-state index contributed by atoms with van der Waals surface area (Å²) in [4.78, 5) is 14.3. The minimum absolute atomic E-state index is 0.0768. The van der Waals surface area contributed by atoms with Crippen molar-refractivity contribution in [3.05, 3.63) is 69.0 Å². The first-order valence-electron chi connectivity index (χ1n) is 9.37. The van der Waals surface area contributed by atoms with Crippen LogP contribution >= 0.6 is 11.6 Å². The van der Waals surface area contributed by atoms with Gasteiger partial charge in [-0.3, -0.25) is 4.90 Å². The van der Waals surface area contributed by atoms with Crippen LogP contribution in [0.4, 0.5) is 0 Å². The van der Waals surface area contributed by atoms with E-state index in [-0.39, 0.29) is 11.7 Å². The summed E-state index contributed by atoms with van der Waals surface area (Å²) in [6.45, 7) is 6.57. The third-order valence-electron chi connectivity index (χ3n) is 4.98. The number of likely N-dealkylation sites (N-methyl/N-ethyl adjacent to an activating group) is 1. The first kappa shape index (κ1) is 18.8. The molecule has 1 atom stereocenters. The van der Waals surface area contributed by atoms with Crippen molar-refractivity contribution in [3.8, 4) is 11.5 Å². The van der Waals surface area contributed by atoms with Crippen LogP contribution in [-0.4, -0.2) is 30.7 Å². The normalized spacial score (nSPS) is 15.9. The number of para-hydroxylation sites is 2. The smallest absolute Gasteiger partial charge is 0.336 e. The van der Waals surface area contributed by atoms with Crippen LogP contribution in [0.25, 0.3) is 11.0 Å². The molecule has 0 aliphatic carbocycles. The summed E-state index contributed by atoms with van der Waals surface area (Å²) in [5.41, 5.74) is 1.98. The van der Waals surface area contributed by atoms with E-state index in [2.05, 4.69) is 11.8 Å². The van der Waals surface area contributed by atoms with E-state index in [0.29, 0.717) is 30.3 Å². The zero-order chi connectivity index (χ0) is 19.7. The number of nitrogens with zero attached hydrogens (tertiary/aromatic N) is 1. The highest BCUT2D eigenvalue weighted by molar-refractivity contribution is 6.32. The number of rotatable bonds is 5. The molecule has 2 aromatic carbocycles. The molecule has 5 nitrogen and oxygen atoms in total. The second-order valence-corrected chi connectivity index (χ2v) is 7.42. The van der Waals surface area contributed by atoms with E-state index in [1.807, 2.05) is 43.3 Å². The van der Waals surface area contributed by atoms with Crippen molar-refractivity contribution in [2.75, 3.05) is 19.7 Å². The lowest BCUT2D eigenvalue weighted by Crippen LogP contribution is -2.40. The molecule has 0 radical (unpaired) electrons. The van der Waals surface area contributed by atoms with Gasteiger partial charge in [0, 0.05) is 29.6 Å². The van der Waals surface area contributed by atoms with Gasteiger partial charge in [-0.15, -0.1) is 0 Å². The van der Waals surface area contributed by atoms with Crippen LogP contribution < -0.4 is 15.1 Å². The van der Waals surface area contributed by atoms with Crippen molar-refractivity contribution < 1.29 is 13.9 Å². The molecule has 4 rings (SSSR count). The fraction of sp³-hybridized carbons (Fsp3) is 0.318. The van der Waals surface area contributed by atoms with E-state index < -0.39 is 0 Å². The molecular weight excluding hydrogens is 378 g/mol. The number of hydrogen-bond acceptors (Lipinski definition) is 5. The lowest BCUT2D eigenvalue weighted by molar-refractivity contribution is 0.0581. The van der Waals surface area contributed by atoms with E-state index in [1.54, 1.807) is 6.07 Å². The van der Waals surface area contributed by atoms with E-state index >= 15 is 0 Å². The monoisotopic (exact) mass is 399 g/mol. The Hall–Kier alpha value is -2.50. The molecule has 28 heavy (non-hydrogen) atoms. The average Bonchev–Trinajstić information content (AvgIpc) is 2.68. The summed E-state index contributed by atoms with van der Waals surface area (Å²) in [5, 5.41) is 1.52.